The molecule has 1 aromatic heterocycles. The summed E-state index contributed by atoms with van der Waals surface area (Å²) >= 11 is 7.30. The van der Waals surface area contributed by atoms with E-state index in [2.05, 4.69) is 0 Å². The zero-order chi connectivity index (χ0) is 17.0. The molecule has 1 saturated heterocycles. The normalized spacial score (nSPS) is 31.3. The second kappa shape index (κ2) is 5.61. The van der Waals surface area contributed by atoms with Gasteiger partial charge in [0.25, 0.3) is 0 Å². The number of thiophene rings is 1. The van der Waals surface area contributed by atoms with Gasteiger partial charge in [-0.2, -0.15) is 13.2 Å². The van der Waals surface area contributed by atoms with Crippen LogP contribution in [0.25, 0.3) is 0 Å². The van der Waals surface area contributed by atoms with Crippen molar-refractivity contribution >= 4 is 28.8 Å². The molecular formula is C14H15ClF3NO3S. The summed E-state index contributed by atoms with van der Waals surface area (Å²) in [5, 5.41) is 10.0. The number of amides is 1. The van der Waals surface area contributed by atoms with E-state index in [1.165, 1.54) is 11.3 Å². The summed E-state index contributed by atoms with van der Waals surface area (Å²) in [5.74, 6) is -1.82. The molecular weight excluding hydrogens is 355 g/mol. The van der Waals surface area contributed by atoms with Gasteiger partial charge in [0, 0.05) is 29.4 Å². The van der Waals surface area contributed by atoms with Gasteiger partial charge >= 0.3 is 12.1 Å². The average molecular weight is 370 g/mol. The van der Waals surface area contributed by atoms with Gasteiger partial charge < -0.3 is 14.7 Å². The molecule has 0 aliphatic carbocycles. The predicted octanol–water partition coefficient (Wildman–Crippen LogP) is 3.23. The van der Waals surface area contributed by atoms with Crippen LogP contribution in [0.1, 0.15) is 36.3 Å². The van der Waals surface area contributed by atoms with Crippen molar-refractivity contribution in [1.82, 2.24) is 4.90 Å². The number of likely N-dealkylation sites (tertiary alicyclic amines) is 1. The first-order chi connectivity index (χ1) is 10.6. The Labute approximate surface area is 139 Å². The van der Waals surface area contributed by atoms with Gasteiger partial charge in [-0.05, 0) is 19.4 Å². The number of aliphatic hydroxyl groups excluding tert-OH is 1. The van der Waals surface area contributed by atoms with Crippen LogP contribution in [-0.2, 0) is 15.1 Å². The van der Waals surface area contributed by atoms with Gasteiger partial charge in [0.15, 0.2) is 0 Å². The molecule has 0 unspecified atom stereocenters. The molecule has 1 spiro atoms. The lowest BCUT2D eigenvalue weighted by Gasteiger charge is -2.47. The average Bonchev–Trinajstić information content (AvgIpc) is 2.85. The second-order valence-electron chi connectivity index (χ2n) is 5.96. The number of piperidine rings is 1. The Morgan fingerprint density at radius 2 is 2.26 bits per heavy atom. The minimum atomic E-state index is -4.88. The molecule has 3 heterocycles. The van der Waals surface area contributed by atoms with Crippen molar-refractivity contribution in [3.63, 3.8) is 0 Å². The summed E-state index contributed by atoms with van der Waals surface area (Å²) in [4.78, 5) is 13.1. The molecule has 3 atom stereocenters. The van der Waals surface area contributed by atoms with Gasteiger partial charge in [0.1, 0.15) is 11.7 Å². The molecule has 0 bridgehead atoms. The van der Waals surface area contributed by atoms with Crippen molar-refractivity contribution in [3.8, 4) is 0 Å². The van der Waals surface area contributed by atoms with E-state index < -0.39 is 29.8 Å². The molecule has 128 valence electrons. The molecule has 1 fully saturated rings. The molecule has 2 aliphatic rings. The largest absolute Gasteiger partial charge is 0.471 e. The summed E-state index contributed by atoms with van der Waals surface area (Å²) in [6.07, 6.45) is -5.18. The van der Waals surface area contributed by atoms with Crippen molar-refractivity contribution in [2.24, 2.45) is 0 Å². The fourth-order valence-corrected chi connectivity index (χ4v) is 4.86. The van der Waals surface area contributed by atoms with Crippen molar-refractivity contribution in [2.75, 3.05) is 13.2 Å². The number of ether oxygens (including phenoxy) is 1. The van der Waals surface area contributed by atoms with Gasteiger partial charge in [-0.3, -0.25) is 4.79 Å². The number of hydrogen-bond donors (Lipinski definition) is 1. The molecule has 23 heavy (non-hydrogen) atoms. The zero-order valence-electron chi connectivity index (χ0n) is 12.2. The third-order valence-corrected chi connectivity index (χ3v) is 5.90. The summed E-state index contributed by atoms with van der Waals surface area (Å²) in [7, 11) is 0. The van der Waals surface area contributed by atoms with Crippen LogP contribution in [0.4, 0.5) is 13.2 Å². The molecule has 0 aromatic carbocycles. The van der Waals surface area contributed by atoms with E-state index in [0.717, 1.165) is 9.78 Å². The lowest BCUT2D eigenvalue weighted by molar-refractivity contribution is -0.196. The highest BCUT2D eigenvalue weighted by Crippen LogP contribution is 2.50. The highest BCUT2D eigenvalue weighted by atomic mass is 35.5. The number of hydrogen-bond acceptors (Lipinski definition) is 4. The molecule has 0 radical (unpaired) electrons. The topological polar surface area (TPSA) is 49.8 Å². The van der Waals surface area contributed by atoms with Crippen LogP contribution in [0.15, 0.2) is 6.07 Å². The minimum Gasteiger partial charge on any atom is -0.386 e. The van der Waals surface area contributed by atoms with Crippen molar-refractivity contribution < 1.29 is 27.8 Å². The molecule has 1 N–H and O–H groups in total. The van der Waals surface area contributed by atoms with E-state index in [1.807, 2.05) is 0 Å². The van der Waals surface area contributed by atoms with E-state index in [0.29, 0.717) is 9.90 Å². The number of halogens is 4. The van der Waals surface area contributed by atoms with Gasteiger partial charge in [-0.1, -0.05) is 11.6 Å². The van der Waals surface area contributed by atoms with Crippen LogP contribution in [0.5, 0.6) is 0 Å². The van der Waals surface area contributed by atoms with Crippen LogP contribution in [0.3, 0.4) is 0 Å². The standard InChI is InChI=1S/C14H15ClF3NO3S/c1-7-5-13(2-3-19(7)12(21)14(16,17)18)11-8(4-10(15)23-11)9(20)6-22-13/h4,7,9,20H,2-3,5-6H2,1H3/t7-,9+,13+/m0/s1. The Balaban J connectivity index is 1.88. The van der Waals surface area contributed by atoms with Gasteiger partial charge in [0.05, 0.1) is 10.9 Å². The fourth-order valence-electron chi connectivity index (χ4n) is 3.38. The summed E-state index contributed by atoms with van der Waals surface area (Å²) in [5.41, 5.74) is -0.109. The molecule has 1 amide bonds. The highest BCUT2D eigenvalue weighted by Gasteiger charge is 2.51. The Bertz CT molecular complexity index is 635. The SMILES string of the molecule is C[C@H]1C[C@@]2(CCN1C(=O)C(F)(F)F)OC[C@@H](O)c1cc(Cl)sc12. The number of rotatable bonds is 0. The predicted molar refractivity (Wildman–Crippen MR) is 78.4 cm³/mol. The van der Waals surface area contributed by atoms with Crippen molar-refractivity contribution in [1.29, 1.82) is 0 Å². The molecule has 0 saturated carbocycles. The molecule has 1 aromatic rings. The highest BCUT2D eigenvalue weighted by molar-refractivity contribution is 7.16. The van der Waals surface area contributed by atoms with Crippen molar-refractivity contribution in [3.05, 3.63) is 20.8 Å². The summed E-state index contributed by atoms with van der Waals surface area (Å²) in [6.45, 7) is 1.60. The summed E-state index contributed by atoms with van der Waals surface area (Å²) in [6, 6.07) is 1.05. The first-order valence-electron chi connectivity index (χ1n) is 7.13. The molecule has 2 aliphatic heterocycles. The third kappa shape index (κ3) is 2.86. The first kappa shape index (κ1) is 17.0. The van der Waals surface area contributed by atoms with E-state index >= 15 is 0 Å². The number of carbonyl (C=O) groups excluding carboxylic acids is 1. The van der Waals surface area contributed by atoms with Crippen LogP contribution in [-0.4, -0.2) is 41.3 Å². The lowest BCUT2D eigenvalue weighted by atomic mass is 9.81. The first-order valence-corrected chi connectivity index (χ1v) is 8.33. The minimum absolute atomic E-state index is 0.0510. The second-order valence-corrected chi connectivity index (χ2v) is 7.64. The number of nitrogens with zero attached hydrogens (tertiary/aromatic N) is 1. The Morgan fingerprint density at radius 3 is 2.87 bits per heavy atom. The molecule has 3 rings (SSSR count). The maximum absolute atomic E-state index is 12.7. The lowest BCUT2D eigenvalue weighted by Crippen LogP contribution is -2.55. The number of aliphatic hydroxyl groups is 1. The van der Waals surface area contributed by atoms with E-state index in [4.69, 9.17) is 16.3 Å². The smallest absolute Gasteiger partial charge is 0.386 e. The zero-order valence-corrected chi connectivity index (χ0v) is 13.8. The van der Waals surface area contributed by atoms with Crippen LogP contribution in [0.2, 0.25) is 4.34 Å². The van der Waals surface area contributed by atoms with E-state index in [9.17, 15) is 23.1 Å². The third-order valence-electron chi connectivity index (χ3n) is 4.44. The number of alkyl halides is 3. The Morgan fingerprint density at radius 1 is 1.57 bits per heavy atom. The van der Waals surface area contributed by atoms with Crippen LogP contribution in [0, 0.1) is 0 Å². The van der Waals surface area contributed by atoms with E-state index in [-0.39, 0.29) is 26.0 Å². The van der Waals surface area contributed by atoms with Crippen LogP contribution >= 0.6 is 22.9 Å². The van der Waals surface area contributed by atoms with E-state index in [1.54, 1.807) is 13.0 Å². The maximum Gasteiger partial charge on any atom is 0.471 e. The Kier molecular flexibility index (Phi) is 4.15. The molecule has 4 nitrogen and oxygen atoms in total. The maximum atomic E-state index is 12.7. The van der Waals surface area contributed by atoms with Crippen molar-refractivity contribution in [2.45, 2.75) is 43.7 Å². The fraction of sp³-hybridized carbons (Fsp3) is 0.643. The van der Waals surface area contributed by atoms with Gasteiger partial charge in [0.2, 0.25) is 0 Å². The monoisotopic (exact) mass is 369 g/mol. The number of fused-ring (bicyclic) bond motifs is 2. The van der Waals surface area contributed by atoms with Crippen LogP contribution < -0.4 is 0 Å². The Hall–Kier alpha value is -0.830. The number of carbonyl (C=O) groups is 1. The van der Waals surface area contributed by atoms with Gasteiger partial charge in [-0.15, -0.1) is 11.3 Å². The summed E-state index contributed by atoms with van der Waals surface area (Å²) < 4.78 is 44.3. The quantitative estimate of drug-likeness (QED) is 0.763. The van der Waals surface area contributed by atoms with Gasteiger partial charge in [-0.25, -0.2) is 0 Å². The molecule has 9 heteroatoms.